The van der Waals surface area contributed by atoms with Crippen molar-refractivity contribution in [3.05, 3.63) is 28.5 Å². The molecule has 0 saturated carbocycles. The highest BCUT2D eigenvalue weighted by Gasteiger charge is 2.33. The molecule has 0 aliphatic carbocycles. The molecule has 0 bridgehead atoms. The number of halogens is 1. The van der Waals surface area contributed by atoms with E-state index in [2.05, 4.69) is 20.9 Å². The maximum absolute atomic E-state index is 11.6. The second-order valence-electron chi connectivity index (χ2n) is 4.00. The highest BCUT2D eigenvalue weighted by atomic mass is 79.9. The molecule has 1 aliphatic rings. The van der Waals surface area contributed by atoms with Gasteiger partial charge >= 0.3 is 5.97 Å². The molecule has 0 aromatic carbocycles. The fourth-order valence-corrected chi connectivity index (χ4v) is 2.05. The van der Waals surface area contributed by atoms with Gasteiger partial charge in [0.05, 0.1) is 5.92 Å². The summed E-state index contributed by atoms with van der Waals surface area (Å²) in [5.74, 6) is -1.60. The zero-order valence-electron chi connectivity index (χ0n) is 8.97. The van der Waals surface area contributed by atoms with Crippen LogP contribution in [0, 0.1) is 5.92 Å². The summed E-state index contributed by atoms with van der Waals surface area (Å²) in [7, 11) is 0. The Bertz CT molecular complexity index is 447. The van der Waals surface area contributed by atoms with Crippen LogP contribution in [0.3, 0.4) is 0 Å². The van der Waals surface area contributed by atoms with Crippen LogP contribution >= 0.6 is 15.9 Å². The summed E-state index contributed by atoms with van der Waals surface area (Å²) < 4.78 is 0.734. The Morgan fingerprint density at radius 2 is 2.35 bits per heavy atom. The van der Waals surface area contributed by atoms with Gasteiger partial charge in [-0.05, 0) is 27.6 Å². The van der Waals surface area contributed by atoms with E-state index in [0.29, 0.717) is 6.54 Å². The van der Waals surface area contributed by atoms with Crippen molar-refractivity contribution in [1.82, 2.24) is 9.88 Å². The molecule has 1 N–H and O–H groups in total. The Kier molecular flexibility index (Phi) is 3.42. The van der Waals surface area contributed by atoms with E-state index >= 15 is 0 Å². The molecule has 1 aliphatic heterocycles. The van der Waals surface area contributed by atoms with Gasteiger partial charge in [-0.25, -0.2) is 4.98 Å². The van der Waals surface area contributed by atoms with Crippen LogP contribution in [0.15, 0.2) is 22.9 Å². The van der Waals surface area contributed by atoms with Crippen LogP contribution < -0.4 is 0 Å². The average Bonchev–Trinajstić information content (AvgIpc) is 2.64. The van der Waals surface area contributed by atoms with E-state index in [4.69, 9.17) is 5.11 Å². The number of aromatic nitrogens is 1. The zero-order chi connectivity index (χ0) is 12.4. The Morgan fingerprint density at radius 1 is 1.59 bits per heavy atom. The van der Waals surface area contributed by atoms with E-state index < -0.39 is 11.9 Å². The van der Waals surface area contributed by atoms with E-state index in [1.807, 2.05) is 6.07 Å². The first-order valence-corrected chi connectivity index (χ1v) is 5.96. The van der Waals surface area contributed by atoms with Gasteiger partial charge in [-0.1, -0.05) is 6.07 Å². The molecule has 1 saturated heterocycles. The molecule has 1 aromatic heterocycles. The van der Waals surface area contributed by atoms with Crippen LogP contribution in [-0.2, 0) is 16.1 Å². The van der Waals surface area contributed by atoms with E-state index in [0.717, 1.165) is 10.2 Å². The SMILES string of the molecule is O=C(O)C1CC(=O)N(Cc2ccc(Br)nc2)C1. The fourth-order valence-electron chi connectivity index (χ4n) is 1.81. The van der Waals surface area contributed by atoms with Gasteiger partial charge in [0.25, 0.3) is 0 Å². The average molecular weight is 299 g/mol. The molecule has 1 aromatic rings. The van der Waals surface area contributed by atoms with Crippen LogP contribution in [0.5, 0.6) is 0 Å². The van der Waals surface area contributed by atoms with Crippen molar-refractivity contribution in [2.24, 2.45) is 5.92 Å². The second kappa shape index (κ2) is 4.83. The summed E-state index contributed by atoms with van der Waals surface area (Å²) in [5.41, 5.74) is 0.896. The minimum Gasteiger partial charge on any atom is -0.481 e. The maximum atomic E-state index is 11.6. The first-order chi connectivity index (χ1) is 8.06. The number of carboxylic acids is 1. The number of hydrogen-bond acceptors (Lipinski definition) is 3. The normalized spacial score (nSPS) is 19.7. The van der Waals surface area contributed by atoms with Crippen molar-refractivity contribution in [1.29, 1.82) is 0 Å². The maximum Gasteiger partial charge on any atom is 0.308 e. The molecule has 5 nitrogen and oxygen atoms in total. The van der Waals surface area contributed by atoms with Crippen LogP contribution in [-0.4, -0.2) is 33.4 Å². The summed E-state index contributed by atoms with van der Waals surface area (Å²) in [4.78, 5) is 28.0. The largest absolute Gasteiger partial charge is 0.481 e. The highest BCUT2D eigenvalue weighted by Crippen LogP contribution is 2.20. The molecular weight excluding hydrogens is 288 g/mol. The third-order valence-electron chi connectivity index (χ3n) is 2.73. The van der Waals surface area contributed by atoms with Crippen LogP contribution in [0.1, 0.15) is 12.0 Å². The molecule has 1 amide bonds. The quantitative estimate of drug-likeness (QED) is 0.853. The summed E-state index contributed by atoms with van der Waals surface area (Å²) in [6.07, 6.45) is 1.77. The number of amides is 1. The van der Waals surface area contributed by atoms with Crippen molar-refractivity contribution in [2.75, 3.05) is 6.54 Å². The Balaban J connectivity index is 2.02. The van der Waals surface area contributed by atoms with Gasteiger partial charge in [-0.3, -0.25) is 9.59 Å². The number of nitrogens with zero attached hydrogens (tertiary/aromatic N) is 2. The van der Waals surface area contributed by atoms with Gasteiger partial charge in [0.2, 0.25) is 5.91 Å². The summed E-state index contributed by atoms with van der Waals surface area (Å²) >= 11 is 3.23. The summed E-state index contributed by atoms with van der Waals surface area (Å²) in [6.45, 7) is 0.702. The van der Waals surface area contributed by atoms with Crippen LogP contribution in [0.25, 0.3) is 0 Å². The topological polar surface area (TPSA) is 70.5 Å². The molecule has 2 heterocycles. The number of rotatable bonds is 3. The molecule has 17 heavy (non-hydrogen) atoms. The monoisotopic (exact) mass is 298 g/mol. The molecule has 0 radical (unpaired) electrons. The third kappa shape index (κ3) is 2.82. The predicted octanol–water partition coefficient (Wildman–Crippen LogP) is 1.28. The van der Waals surface area contributed by atoms with Crippen molar-refractivity contribution in [3.8, 4) is 0 Å². The van der Waals surface area contributed by atoms with Gasteiger partial charge in [0.15, 0.2) is 0 Å². The minimum absolute atomic E-state index is 0.0965. The smallest absolute Gasteiger partial charge is 0.308 e. The number of aliphatic carboxylic acids is 1. The number of likely N-dealkylation sites (tertiary alicyclic amines) is 1. The zero-order valence-corrected chi connectivity index (χ0v) is 10.6. The Labute approximate surface area is 107 Å². The highest BCUT2D eigenvalue weighted by molar-refractivity contribution is 9.10. The summed E-state index contributed by atoms with van der Waals surface area (Å²) in [5, 5.41) is 8.85. The number of carboxylic acid groups (broad SMARTS) is 1. The van der Waals surface area contributed by atoms with Crippen molar-refractivity contribution in [3.63, 3.8) is 0 Å². The van der Waals surface area contributed by atoms with Crippen LogP contribution in [0.2, 0.25) is 0 Å². The van der Waals surface area contributed by atoms with Gasteiger partial charge in [0.1, 0.15) is 4.60 Å². The summed E-state index contributed by atoms with van der Waals surface area (Å²) in [6, 6.07) is 3.66. The van der Waals surface area contributed by atoms with E-state index in [9.17, 15) is 9.59 Å². The molecule has 0 spiro atoms. The lowest BCUT2D eigenvalue weighted by Crippen LogP contribution is -2.25. The van der Waals surface area contributed by atoms with E-state index in [1.165, 1.54) is 0 Å². The Hall–Kier alpha value is -1.43. The first kappa shape index (κ1) is 12.0. The van der Waals surface area contributed by atoms with E-state index in [1.54, 1.807) is 17.2 Å². The number of carbonyl (C=O) groups is 2. The lowest BCUT2D eigenvalue weighted by atomic mass is 10.1. The fraction of sp³-hybridized carbons (Fsp3) is 0.364. The molecule has 1 unspecified atom stereocenters. The second-order valence-corrected chi connectivity index (χ2v) is 4.82. The lowest BCUT2D eigenvalue weighted by molar-refractivity contribution is -0.141. The number of pyridine rings is 1. The third-order valence-corrected chi connectivity index (χ3v) is 3.19. The molecule has 90 valence electrons. The molecule has 6 heteroatoms. The standard InChI is InChI=1S/C11H11BrN2O3/c12-9-2-1-7(4-13-9)5-14-6-8(11(16)17)3-10(14)15/h1-2,4,8H,3,5-6H2,(H,16,17). The van der Waals surface area contributed by atoms with Crippen molar-refractivity contribution < 1.29 is 14.7 Å². The molecular formula is C11H11BrN2O3. The van der Waals surface area contributed by atoms with Gasteiger partial charge < -0.3 is 10.0 Å². The number of carbonyl (C=O) groups excluding carboxylic acids is 1. The van der Waals surface area contributed by atoms with Gasteiger partial charge in [-0.15, -0.1) is 0 Å². The molecule has 2 rings (SSSR count). The van der Waals surface area contributed by atoms with Gasteiger partial charge in [-0.2, -0.15) is 0 Å². The van der Waals surface area contributed by atoms with Crippen molar-refractivity contribution in [2.45, 2.75) is 13.0 Å². The first-order valence-electron chi connectivity index (χ1n) is 5.17. The number of hydrogen-bond donors (Lipinski definition) is 1. The van der Waals surface area contributed by atoms with E-state index in [-0.39, 0.29) is 18.9 Å². The Morgan fingerprint density at radius 3 is 2.88 bits per heavy atom. The predicted molar refractivity (Wildman–Crippen MR) is 63.1 cm³/mol. The lowest BCUT2D eigenvalue weighted by Gasteiger charge is -2.15. The minimum atomic E-state index is -0.908. The van der Waals surface area contributed by atoms with Crippen molar-refractivity contribution >= 4 is 27.8 Å². The molecule has 1 atom stereocenters. The van der Waals surface area contributed by atoms with Crippen LogP contribution in [0.4, 0.5) is 0 Å². The molecule has 1 fully saturated rings. The van der Waals surface area contributed by atoms with Gasteiger partial charge in [0, 0.05) is 25.7 Å².